The summed E-state index contributed by atoms with van der Waals surface area (Å²) in [4.78, 5) is 23.0. The number of hydrogen-bond donors (Lipinski definition) is 1. The van der Waals surface area contributed by atoms with Gasteiger partial charge in [0.05, 0.1) is 17.0 Å². The number of nitrogens with zero attached hydrogens (tertiary/aromatic N) is 1. The second-order valence-electron chi connectivity index (χ2n) is 9.40. The van der Waals surface area contributed by atoms with Gasteiger partial charge in [-0.1, -0.05) is 24.6 Å². The van der Waals surface area contributed by atoms with Crippen molar-refractivity contribution in [3.63, 3.8) is 0 Å². The van der Waals surface area contributed by atoms with Gasteiger partial charge >= 0.3 is 0 Å². The van der Waals surface area contributed by atoms with Gasteiger partial charge in [0.25, 0.3) is 5.56 Å². The van der Waals surface area contributed by atoms with Crippen LogP contribution in [-0.2, 0) is 12.8 Å². The summed E-state index contributed by atoms with van der Waals surface area (Å²) in [7, 11) is 1.60. The Hall–Kier alpha value is -2.84. The van der Waals surface area contributed by atoms with E-state index in [2.05, 4.69) is 40.8 Å². The van der Waals surface area contributed by atoms with Gasteiger partial charge in [0.15, 0.2) is 11.5 Å². The van der Waals surface area contributed by atoms with Crippen LogP contribution in [0.1, 0.15) is 34.9 Å². The number of benzene rings is 2. The maximum absolute atomic E-state index is 13.1. The van der Waals surface area contributed by atoms with Crippen LogP contribution in [0, 0.1) is 19.8 Å². The van der Waals surface area contributed by atoms with Crippen molar-refractivity contribution in [3.05, 3.63) is 66.7 Å². The number of thiophene rings is 1. The van der Waals surface area contributed by atoms with Crippen molar-refractivity contribution in [2.24, 2.45) is 5.92 Å². The summed E-state index contributed by atoms with van der Waals surface area (Å²) < 4.78 is 18.2. The van der Waals surface area contributed by atoms with Crippen molar-refractivity contribution in [2.75, 3.05) is 20.3 Å². The minimum absolute atomic E-state index is 0.0824. The van der Waals surface area contributed by atoms with Crippen LogP contribution < -0.4 is 19.8 Å². The van der Waals surface area contributed by atoms with Crippen LogP contribution in [0.3, 0.4) is 0 Å². The lowest BCUT2D eigenvalue weighted by atomic mass is 9.89. The van der Waals surface area contributed by atoms with E-state index in [0.717, 1.165) is 46.4 Å². The molecule has 0 spiro atoms. The number of hydrogen-bond acceptors (Lipinski definition) is 6. The van der Waals surface area contributed by atoms with Crippen LogP contribution in [0.25, 0.3) is 21.6 Å². The summed E-state index contributed by atoms with van der Waals surface area (Å²) in [6.07, 6.45) is 3.07. The molecule has 2 aromatic heterocycles. The Kier molecular flexibility index (Phi) is 7.08. The first-order valence-corrected chi connectivity index (χ1v) is 13.7. The molecule has 0 saturated carbocycles. The molecule has 1 N–H and O–H groups in total. The monoisotopic (exact) mass is 568 g/mol. The second-order valence-corrected chi connectivity index (χ2v) is 11.3. The molecular formula is C28H29BrN2O4S. The first-order valence-electron chi connectivity index (χ1n) is 12.1. The Morgan fingerprint density at radius 2 is 1.94 bits per heavy atom. The lowest BCUT2D eigenvalue weighted by Crippen LogP contribution is -2.13. The average molecular weight is 570 g/mol. The molecule has 0 radical (unpaired) electrons. The Morgan fingerprint density at radius 1 is 1.14 bits per heavy atom. The molecule has 2 heterocycles. The average Bonchev–Trinajstić information content (AvgIpc) is 3.21. The fraction of sp³-hybridized carbons (Fsp3) is 0.357. The number of halogens is 1. The number of methoxy groups -OCH3 is 1. The van der Waals surface area contributed by atoms with E-state index in [1.807, 2.05) is 31.2 Å². The summed E-state index contributed by atoms with van der Waals surface area (Å²) in [6, 6.07) is 9.83. The molecule has 1 unspecified atom stereocenters. The lowest BCUT2D eigenvalue weighted by molar-refractivity contribution is 0.209. The van der Waals surface area contributed by atoms with Gasteiger partial charge < -0.3 is 19.2 Å². The highest BCUT2D eigenvalue weighted by Crippen LogP contribution is 2.40. The number of rotatable bonds is 7. The van der Waals surface area contributed by atoms with Gasteiger partial charge in [0.1, 0.15) is 29.6 Å². The van der Waals surface area contributed by atoms with Gasteiger partial charge in [-0.3, -0.25) is 4.79 Å². The predicted octanol–water partition coefficient (Wildman–Crippen LogP) is 6.62. The van der Waals surface area contributed by atoms with Crippen molar-refractivity contribution in [3.8, 4) is 28.6 Å². The van der Waals surface area contributed by atoms with E-state index in [1.54, 1.807) is 18.4 Å². The van der Waals surface area contributed by atoms with Crippen molar-refractivity contribution in [2.45, 2.75) is 40.0 Å². The zero-order chi connectivity index (χ0) is 25.4. The molecule has 6 nitrogen and oxygen atoms in total. The van der Waals surface area contributed by atoms with E-state index in [4.69, 9.17) is 19.2 Å². The summed E-state index contributed by atoms with van der Waals surface area (Å²) in [5.41, 5.74) is 4.14. The van der Waals surface area contributed by atoms with E-state index in [9.17, 15) is 4.79 Å². The number of fused-ring (bicyclic) bond motifs is 3. The lowest BCUT2D eigenvalue weighted by Gasteiger charge is -2.17. The molecule has 0 aliphatic heterocycles. The highest BCUT2D eigenvalue weighted by atomic mass is 79.9. The first-order chi connectivity index (χ1) is 17.3. The molecule has 0 fully saturated rings. The second kappa shape index (κ2) is 10.3. The standard InChI is InChI=1S/C28H29BrN2O4S/c1-15-6-8-21(17(3)11-15)34-9-10-35-25-20(29)13-18(14-22(25)33-4)26-30-27(32)24-19-7-5-16(2)12-23(19)36-28(24)31-26/h6,8,11,13-14,16H,5,7,9-10,12H2,1-4H3,(H,30,31,32). The van der Waals surface area contributed by atoms with Crippen LogP contribution in [0.2, 0.25) is 0 Å². The first kappa shape index (κ1) is 24.8. The Morgan fingerprint density at radius 3 is 2.72 bits per heavy atom. The fourth-order valence-electron chi connectivity index (χ4n) is 4.74. The largest absolute Gasteiger partial charge is 0.493 e. The maximum atomic E-state index is 13.1. The number of H-pyrrole nitrogens is 1. The van der Waals surface area contributed by atoms with Gasteiger partial charge in [0.2, 0.25) is 0 Å². The van der Waals surface area contributed by atoms with Gasteiger partial charge in [-0.2, -0.15) is 0 Å². The third kappa shape index (κ3) is 4.89. The molecular weight excluding hydrogens is 540 g/mol. The molecule has 5 rings (SSSR count). The van der Waals surface area contributed by atoms with E-state index < -0.39 is 0 Å². The smallest absolute Gasteiger partial charge is 0.260 e. The van der Waals surface area contributed by atoms with Gasteiger partial charge in [-0.15, -0.1) is 11.3 Å². The molecule has 188 valence electrons. The van der Waals surface area contributed by atoms with E-state index in [0.29, 0.717) is 40.9 Å². The van der Waals surface area contributed by atoms with Crippen LogP contribution in [0.4, 0.5) is 0 Å². The highest BCUT2D eigenvalue weighted by molar-refractivity contribution is 9.10. The van der Waals surface area contributed by atoms with Gasteiger partial charge in [-0.05, 0) is 84.3 Å². The van der Waals surface area contributed by atoms with Crippen molar-refractivity contribution in [1.82, 2.24) is 9.97 Å². The van der Waals surface area contributed by atoms with Crippen LogP contribution in [0.5, 0.6) is 17.2 Å². The number of ether oxygens (including phenoxy) is 3. The summed E-state index contributed by atoms with van der Waals surface area (Å²) in [5.74, 6) is 3.13. The zero-order valence-corrected chi connectivity index (χ0v) is 23.3. The summed E-state index contributed by atoms with van der Waals surface area (Å²) in [5, 5.41) is 0.750. The maximum Gasteiger partial charge on any atom is 0.260 e. The minimum atomic E-state index is -0.0824. The molecule has 0 amide bonds. The molecule has 8 heteroatoms. The number of aryl methyl sites for hydroxylation is 3. The quantitative estimate of drug-likeness (QED) is 0.253. The molecule has 36 heavy (non-hydrogen) atoms. The minimum Gasteiger partial charge on any atom is -0.493 e. The molecule has 0 bridgehead atoms. The molecule has 1 aliphatic carbocycles. The summed E-state index contributed by atoms with van der Waals surface area (Å²) >= 11 is 5.26. The van der Waals surface area contributed by atoms with E-state index >= 15 is 0 Å². The molecule has 2 aromatic carbocycles. The number of aromatic nitrogens is 2. The normalized spacial score (nSPS) is 15.1. The van der Waals surface area contributed by atoms with Crippen molar-refractivity contribution < 1.29 is 14.2 Å². The van der Waals surface area contributed by atoms with E-state index in [1.165, 1.54) is 16.0 Å². The molecule has 1 atom stereocenters. The third-order valence-electron chi connectivity index (χ3n) is 6.59. The number of aromatic amines is 1. The summed E-state index contributed by atoms with van der Waals surface area (Å²) in [6.45, 7) is 7.10. The van der Waals surface area contributed by atoms with Crippen LogP contribution in [0.15, 0.2) is 39.6 Å². The third-order valence-corrected chi connectivity index (χ3v) is 8.32. The highest BCUT2D eigenvalue weighted by Gasteiger charge is 2.23. The predicted molar refractivity (Wildman–Crippen MR) is 148 cm³/mol. The Labute approximate surface area is 222 Å². The van der Waals surface area contributed by atoms with Crippen molar-refractivity contribution >= 4 is 37.5 Å². The van der Waals surface area contributed by atoms with Crippen LogP contribution in [-0.4, -0.2) is 30.3 Å². The topological polar surface area (TPSA) is 73.4 Å². The zero-order valence-electron chi connectivity index (χ0n) is 20.9. The molecule has 0 saturated heterocycles. The van der Waals surface area contributed by atoms with Crippen molar-refractivity contribution in [1.29, 1.82) is 0 Å². The van der Waals surface area contributed by atoms with Crippen LogP contribution >= 0.6 is 27.3 Å². The Balaban J connectivity index is 1.37. The molecule has 4 aromatic rings. The SMILES string of the molecule is COc1cc(-c2nc3sc4c(c3c(=O)[nH]2)CCC(C)C4)cc(Br)c1OCCOc1ccc(C)cc1C. The fourth-order valence-corrected chi connectivity index (χ4v) is 6.68. The van der Waals surface area contributed by atoms with Gasteiger partial charge in [0, 0.05) is 10.4 Å². The van der Waals surface area contributed by atoms with E-state index in [-0.39, 0.29) is 5.56 Å². The van der Waals surface area contributed by atoms with Gasteiger partial charge in [-0.25, -0.2) is 4.98 Å². The Bertz CT molecular complexity index is 1490. The molecule has 1 aliphatic rings. The number of nitrogens with one attached hydrogen (secondary N) is 1.